The summed E-state index contributed by atoms with van der Waals surface area (Å²) in [7, 11) is -3.35. The standard InChI is InChI=1S/C19H23N3O4S/c1-14-15(2)20-13-22(19(14)24)12-18(23)21-9-8-17(27(25,26)11-10-21)16-6-4-3-5-7-16/h3-7,13,17H,8-12H2,1-2H3. The number of hydrogen-bond donors (Lipinski definition) is 0. The van der Waals surface area contributed by atoms with Crippen molar-refractivity contribution in [2.75, 3.05) is 18.8 Å². The second-order valence-electron chi connectivity index (χ2n) is 6.82. The smallest absolute Gasteiger partial charge is 0.256 e. The summed E-state index contributed by atoms with van der Waals surface area (Å²) in [6.07, 6.45) is 1.71. The van der Waals surface area contributed by atoms with Crippen LogP contribution >= 0.6 is 0 Å². The highest BCUT2D eigenvalue weighted by molar-refractivity contribution is 7.91. The normalized spacial score (nSPS) is 19.5. The van der Waals surface area contributed by atoms with Crippen molar-refractivity contribution >= 4 is 15.7 Å². The van der Waals surface area contributed by atoms with Crippen molar-refractivity contribution in [2.24, 2.45) is 0 Å². The Morgan fingerprint density at radius 2 is 1.89 bits per heavy atom. The summed E-state index contributed by atoms with van der Waals surface area (Å²) in [5, 5.41) is -0.609. The van der Waals surface area contributed by atoms with Gasteiger partial charge in [0.15, 0.2) is 9.84 Å². The first-order chi connectivity index (χ1) is 12.8. The molecule has 0 aliphatic carbocycles. The molecule has 1 saturated heterocycles. The molecule has 1 aromatic heterocycles. The highest BCUT2D eigenvalue weighted by Gasteiger charge is 2.32. The molecular formula is C19H23N3O4S. The van der Waals surface area contributed by atoms with Crippen LogP contribution in [0.1, 0.15) is 28.5 Å². The van der Waals surface area contributed by atoms with E-state index in [1.807, 2.05) is 18.2 Å². The van der Waals surface area contributed by atoms with Crippen molar-refractivity contribution in [3.8, 4) is 0 Å². The van der Waals surface area contributed by atoms with E-state index in [4.69, 9.17) is 0 Å². The van der Waals surface area contributed by atoms with Gasteiger partial charge in [-0.15, -0.1) is 0 Å². The molecule has 27 heavy (non-hydrogen) atoms. The van der Waals surface area contributed by atoms with Crippen LogP contribution in [0.2, 0.25) is 0 Å². The molecule has 1 unspecified atom stereocenters. The van der Waals surface area contributed by atoms with E-state index >= 15 is 0 Å². The third kappa shape index (κ3) is 4.10. The fraction of sp³-hybridized carbons (Fsp3) is 0.421. The largest absolute Gasteiger partial charge is 0.340 e. The van der Waals surface area contributed by atoms with Gasteiger partial charge in [0.1, 0.15) is 6.54 Å². The van der Waals surface area contributed by atoms with E-state index < -0.39 is 15.1 Å². The molecule has 3 rings (SSSR count). The van der Waals surface area contributed by atoms with E-state index in [2.05, 4.69) is 4.98 Å². The van der Waals surface area contributed by atoms with Gasteiger partial charge in [0.05, 0.1) is 17.3 Å². The van der Waals surface area contributed by atoms with Gasteiger partial charge in [0.25, 0.3) is 5.56 Å². The molecular weight excluding hydrogens is 366 g/mol. The Kier molecular flexibility index (Phi) is 5.46. The average molecular weight is 389 g/mol. The first-order valence-corrected chi connectivity index (χ1v) is 10.6. The van der Waals surface area contributed by atoms with Crippen LogP contribution in [-0.4, -0.2) is 47.6 Å². The zero-order valence-electron chi connectivity index (χ0n) is 15.5. The van der Waals surface area contributed by atoms with Gasteiger partial charge in [0, 0.05) is 24.3 Å². The molecule has 2 aromatic rings. The van der Waals surface area contributed by atoms with Crippen LogP contribution in [0.4, 0.5) is 0 Å². The molecule has 1 aliphatic heterocycles. The minimum atomic E-state index is -3.35. The van der Waals surface area contributed by atoms with Crippen LogP contribution in [0.5, 0.6) is 0 Å². The van der Waals surface area contributed by atoms with Crippen molar-refractivity contribution in [1.82, 2.24) is 14.5 Å². The van der Waals surface area contributed by atoms with E-state index in [0.29, 0.717) is 24.2 Å². The molecule has 0 spiro atoms. The third-order valence-electron chi connectivity index (χ3n) is 5.09. The van der Waals surface area contributed by atoms with E-state index in [1.165, 1.54) is 15.8 Å². The fourth-order valence-electron chi connectivity index (χ4n) is 3.27. The number of carbonyl (C=O) groups excluding carboxylic acids is 1. The third-order valence-corrected chi connectivity index (χ3v) is 7.21. The monoisotopic (exact) mass is 389 g/mol. The summed E-state index contributed by atoms with van der Waals surface area (Å²) in [4.78, 5) is 30.6. The summed E-state index contributed by atoms with van der Waals surface area (Å²) in [5.41, 5.74) is 1.64. The summed E-state index contributed by atoms with van der Waals surface area (Å²) in [6, 6.07) is 9.09. The quantitative estimate of drug-likeness (QED) is 0.788. The van der Waals surface area contributed by atoms with Gasteiger partial charge in [-0.05, 0) is 25.8 Å². The molecule has 144 valence electrons. The number of sulfone groups is 1. The molecule has 1 aliphatic rings. The second kappa shape index (κ2) is 7.64. The molecule has 0 N–H and O–H groups in total. The van der Waals surface area contributed by atoms with Crippen LogP contribution < -0.4 is 5.56 Å². The van der Waals surface area contributed by atoms with Crippen LogP contribution in [0.15, 0.2) is 41.5 Å². The van der Waals surface area contributed by atoms with Gasteiger partial charge >= 0.3 is 0 Å². The molecule has 0 radical (unpaired) electrons. The van der Waals surface area contributed by atoms with Crippen LogP contribution in [0.25, 0.3) is 0 Å². The summed E-state index contributed by atoms with van der Waals surface area (Å²) < 4.78 is 26.6. The number of amides is 1. The predicted molar refractivity (Wildman–Crippen MR) is 102 cm³/mol. The summed E-state index contributed by atoms with van der Waals surface area (Å²) in [6.45, 7) is 3.76. The molecule has 8 heteroatoms. The highest BCUT2D eigenvalue weighted by Crippen LogP contribution is 2.29. The lowest BCUT2D eigenvalue weighted by Gasteiger charge is -2.20. The maximum atomic E-state index is 12.7. The topological polar surface area (TPSA) is 89.3 Å². The Bertz CT molecular complexity index is 999. The summed E-state index contributed by atoms with van der Waals surface area (Å²) >= 11 is 0. The molecule has 2 heterocycles. The number of rotatable bonds is 3. The van der Waals surface area contributed by atoms with Gasteiger partial charge < -0.3 is 4.90 Å². The Balaban J connectivity index is 1.77. The van der Waals surface area contributed by atoms with Crippen LogP contribution in [0.3, 0.4) is 0 Å². The fourth-order valence-corrected chi connectivity index (χ4v) is 5.07. The van der Waals surface area contributed by atoms with E-state index in [1.54, 1.807) is 26.0 Å². The van der Waals surface area contributed by atoms with Crippen molar-refractivity contribution in [3.63, 3.8) is 0 Å². The summed E-state index contributed by atoms with van der Waals surface area (Å²) in [5.74, 6) is -0.357. The first kappa shape index (κ1) is 19.3. The Morgan fingerprint density at radius 1 is 1.19 bits per heavy atom. The SMILES string of the molecule is Cc1ncn(CC(=O)N2CCC(c3ccccc3)S(=O)(=O)CC2)c(=O)c1C. The van der Waals surface area contributed by atoms with E-state index in [0.717, 1.165) is 5.56 Å². The number of nitrogens with zero attached hydrogens (tertiary/aromatic N) is 3. The number of hydrogen-bond acceptors (Lipinski definition) is 5. The lowest BCUT2D eigenvalue weighted by molar-refractivity contribution is -0.131. The van der Waals surface area contributed by atoms with E-state index in [-0.39, 0.29) is 30.3 Å². The zero-order valence-corrected chi connectivity index (χ0v) is 16.3. The van der Waals surface area contributed by atoms with Gasteiger partial charge in [-0.3, -0.25) is 14.2 Å². The predicted octanol–water partition coefficient (Wildman–Crippen LogP) is 1.25. The zero-order chi connectivity index (χ0) is 19.6. The Hall–Kier alpha value is -2.48. The van der Waals surface area contributed by atoms with Gasteiger partial charge in [-0.25, -0.2) is 13.4 Å². The highest BCUT2D eigenvalue weighted by atomic mass is 32.2. The Morgan fingerprint density at radius 3 is 2.59 bits per heavy atom. The Labute approximate surface area is 158 Å². The van der Waals surface area contributed by atoms with E-state index in [9.17, 15) is 18.0 Å². The molecule has 7 nitrogen and oxygen atoms in total. The van der Waals surface area contributed by atoms with Crippen molar-refractivity contribution < 1.29 is 13.2 Å². The minimum absolute atomic E-state index is 0.0849. The second-order valence-corrected chi connectivity index (χ2v) is 9.13. The van der Waals surface area contributed by atoms with Crippen molar-refractivity contribution in [3.05, 3.63) is 63.8 Å². The molecule has 1 amide bonds. The van der Waals surface area contributed by atoms with Crippen LogP contribution in [0, 0.1) is 13.8 Å². The minimum Gasteiger partial charge on any atom is -0.340 e. The molecule has 0 bridgehead atoms. The first-order valence-electron chi connectivity index (χ1n) is 8.86. The maximum Gasteiger partial charge on any atom is 0.256 e. The number of carbonyl (C=O) groups is 1. The number of aromatic nitrogens is 2. The van der Waals surface area contributed by atoms with Gasteiger partial charge in [-0.2, -0.15) is 0 Å². The molecule has 0 saturated carbocycles. The van der Waals surface area contributed by atoms with Gasteiger partial charge in [-0.1, -0.05) is 30.3 Å². The van der Waals surface area contributed by atoms with Crippen LogP contribution in [-0.2, 0) is 21.2 Å². The molecule has 1 atom stereocenters. The molecule has 1 aromatic carbocycles. The molecule has 1 fully saturated rings. The van der Waals surface area contributed by atoms with Gasteiger partial charge in [0.2, 0.25) is 5.91 Å². The maximum absolute atomic E-state index is 12.7. The van der Waals surface area contributed by atoms with Crippen molar-refractivity contribution in [2.45, 2.75) is 32.1 Å². The number of aryl methyl sites for hydroxylation is 1. The number of benzene rings is 1. The van der Waals surface area contributed by atoms with Crippen molar-refractivity contribution in [1.29, 1.82) is 0 Å². The lowest BCUT2D eigenvalue weighted by Crippen LogP contribution is -2.38. The lowest BCUT2D eigenvalue weighted by atomic mass is 10.1. The average Bonchev–Trinajstić information content (AvgIpc) is 2.81.